The number of amides is 1. The number of rotatable bonds is 8. The minimum atomic E-state index is -0.288. The maximum absolute atomic E-state index is 12.9. The zero-order chi connectivity index (χ0) is 20.6. The average Bonchev–Trinajstić information content (AvgIpc) is 2.95. The van der Waals surface area contributed by atoms with Gasteiger partial charge in [0.2, 0.25) is 5.75 Å². The molecular weight excluding hydrogens is 374 g/mol. The fourth-order valence-electron chi connectivity index (χ4n) is 2.96. The molecular formula is C22H27NO6. The van der Waals surface area contributed by atoms with Gasteiger partial charge in [-0.05, 0) is 45.0 Å². The summed E-state index contributed by atoms with van der Waals surface area (Å²) in [4.78, 5) is 12.9. The Morgan fingerprint density at radius 3 is 2.14 bits per heavy atom. The number of carbonyl (C=O) groups is 1. The molecule has 0 radical (unpaired) electrons. The fraction of sp³-hybridized carbons (Fsp3) is 0.409. The first-order chi connectivity index (χ1) is 14.2. The summed E-state index contributed by atoms with van der Waals surface area (Å²) in [6.45, 7) is 8.18. The van der Waals surface area contributed by atoms with E-state index in [2.05, 4.69) is 5.32 Å². The van der Waals surface area contributed by atoms with Crippen molar-refractivity contribution >= 4 is 11.6 Å². The molecule has 0 fully saturated rings. The highest BCUT2D eigenvalue weighted by Crippen LogP contribution is 2.39. The van der Waals surface area contributed by atoms with Crippen molar-refractivity contribution in [1.29, 1.82) is 0 Å². The van der Waals surface area contributed by atoms with Crippen LogP contribution in [0.4, 0.5) is 5.69 Å². The van der Waals surface area contributed by atoms with Crippen LogP contribution >= 0.6 is 0 Å². The first kappa shape index (κ1) is 20.6. The van der Waals surface area contributed by atoms with Crippen molar-refractivity contribution in [3.8, 4) is 28.7 Å². The largest absolute Gasteiger partial charge is 0.490 e. The van der Waals surface area contributed by atoms with E-state index in [1.165, 1.54) is 0 Å². The van der Waals surface area contributed by atoms with Gasteiger partial charge in [0.1, 0.15) is 0 Å². The minimum absolute atomic E-state index is 0.288. The van der Waals surface area contributed by atoms with Gasteiger partial charge >= 0.3 is 0 Å². The molecule has 0 aliphatic carbocycles. The molecule has 29 heavy (non-hydrogen) atoms. The van der Waals surface area contributed by atoms with E-state index in [0.29, 0.717) is 73.0 Å². The summed E-state index contributed by atoms with van der Waals surface area (Å²) >= 11 is 0. The quantitative estimate of drug-likeness (QED) is 0.711. The number of benzene rings is 2. The third-order valence-electron chi connectivity index (χ3n) is 4.18. The maximum Gasteiger partial charge on any atom is 0.255 e. The van der Waals surface area contributed by atoms with E-state index >= 15 is 0 Å². The normalized spacial score (nSPS) is 12.7. The van der Waals surface area contributed by atoms with Gasteiger partial charge < -0.3 is 29.0 Å². The Balaban J connectivity index is 1.87. The van der Waals surface area contributed by atoms with Gasteiger partial charge in [0.15, 0.2) is 23.0 Å². The van der Waals surface area contributed by atoms with Crippen LogP contribution in [0.15, 0.2) is 30.3 Å². The Bertz CT molecular complexity index is 824. The molecule has 1 aliphatic heterocycles. The predicted molar refractivity (Wildman–Crippen MR) is 110 cm³/mol. The average molecular weight is 401 g/mol. The summed E-state index contributed by atoms with van der Waals surface area (Å²) in [6.07, 6.45) is 0.822. The van der Waals surface area contributed by atoms with Crippen LogP contribution in [0, 0.1) is 0 Å². The highest BCUT2D eigenvalue weighted by Gasteiger charge is 2.19. The zero-order valence-corrected chi connectivity index (χ0v) is 17.1. The van der Waals surface area contributed by atoms with Gasteiger partial charge in [0.25, 0.3) is 5.91 Å². The first-order valence-corrected chi connectivity index (χ1v) is 9.93. The number of hydrogen-bond acceptors (Lipinski definition) is 6. The van der Waals surface area contributed by atoms with Crippen LogP contribution < -0.4 is 29.0 Å². The van der Waals surface area contributed by atoms with Gasteiger partial charge in [-0.2, -0.15) is 0 Å². The summed E-state index contributed by atoms with van der Waals surface area (Å²) in [6, 6.07) is 8.67. The summed E-state index contributed by atoms with van der Waals surface area (Å²) < 4.78 is 28.4. The molecule has 0 saturated heterocycles. The van der Waals surface area contributed by atoms with Crippen LogP contribution in [-0.4, -0.2) is 38.9 Å². The molecule has 0 bridgehead atoms. The van der Waals surface area contributed by atoms with Crippen LogP contribution in [0.2, 0.25) is 0 Å². The lowest BCUT2D eigenvalue weighted by atomic mass is 10.1. The summed E-state index contributed by atoms with van der Waals surface area (Å²) in [5.41, 5.74) is 1.02. The second-order valence-corrected chi connectivity index (χ2v) is 6.27. The Hall–Kier alpha value is -3.09. The second kappa shape index (κ2) is 9.91. The van der Waals surface area contributed by atoms with Crippen LogP contribution in [0.1, 0.15) is 37.6 Å². The highest BCUT2D eigenvalue weighted by atomic mass is 16.5. The summed E-state index contributed by atoms with van der Waals surface area (Å²) in [5, 5.41) is 2.89. The van der Waals surface area contributed by atoms with Crippen LogP contribution in [0.25, 0.3) is 0 Å². The highest BCUT2D eigenvalue weighted by molar-refractivity contribution is 6.05. The molecule has 7 heteroatoms. The Morgan fingerprint density at radius 2 is 1.52 bits per heavy atom. The van der Waals surface area contributed by atoms with E-state index < -0.39 is 0 Å². The second-order valence-electron chi connectivity index (χ2n) is 6.27. The van der Waals surface area contributed by atoms with Crippen molar-refractivity contribution in [2.24, 2.45) is 0 Å². The standard InChI is InChI=1S/C22H27NO6/c1-4-25-19-12-15(13-20(26-5-2)21(19)27-6-3)22(24)23-16-8-9-17-18(14-16)29-11-7-10-28-17/h8-9,12-14H,4-7,10-11H2,1-3H3,(H,23,24). The minimum Gasteiger partial charge on any atom is -0.490 e. The number of carbonyl (C=O) groups excluding carboxylic acids is 1. The lowest BCUT2D eigenvalue weighted by molar-refractivity contribution is 0.102. The first-order valence-electron chi connectivity index (χ1n) is 9.93. The lowest BCUT2D eigenvalue weighted by Gasteiger charge is -2.17. The fourth-order valence-corrected chi connectivity index (χ4v) is 2.96. The summed E-state index contributed by atoms with van der Waals surface area (Å²) in [5.74, 6) is 2.47. The van der Waals surface area contributed by atoms with Crippen molar-refractivity contribution in [3.63, 3.8) is 0 Å². The number of anilines is 1. The summed E-state index contributed by atoms with van der Waals surface area (Å²) in [7, 11) is 0. The molecule has 3 rings (SSSR count). The molecule has 0 saturated carbocycles. The van der Waals surface area contributed by atoms with E-state index in [1.54, 1.807) is 30.3 Å². The molecule has 2 aromatic rings. The van der Waals surface area contributed by atoms with Crippen molar-refractivity contribution in [3.05, 3.63) is 35.9 Å². The number of hydrogen-bond donors (Lipinski definition) is 1. The van der Waals surface area contributed by atoms with Crippen LogP contribution in [-0.2, 0) is 0 Å². The van der Waals surface area contributed by atoms with Crippen molar-refractivity contribution in [2.45, 2.75) is 27.2 Å². The molecule has 0 atom stereocenters. The molecule has 1 aliphatic rings. The molecule has 1 heterocycles. The molecule has 7 nitrogen and oxygen atoms in total. The number of nitrogens with one attached hydrogen (secondary N) is 1. The molecule has 0 spiro atoms. The SMILES string of the molecule is CCOc1cc(C(=O)Nc2ccc3c(c2)OCCCO3)cc(OCC)c1OCC. The van der Waals surface area contributed by atoms with Crippen LogP contribution in [0.5, 0.6) is 28.7 Å². The third-order valence-corrected chi connectivity index (χ3v) is 4.18. The van der Waals surface area contributed by atoms with Gasteiger partial charge in [0.05, 0.1) is 33.0 Å². The Kier molecular flexibility index (Phi) is 7.05. The number of fused-ring (bicyclic) bond motifs is 1. The number of ether oxygens (including phenoxy) is 5. The third kappa shape index (κ3) is 5.04. The van der Waals surface area contributed by atoms with Gasteiger partial charge in [0, 0.05) is 23.7 Å². The Morgan fingerprint density at radius 1 is 0.897 bits per heavy atom. The van der Waals surface area contributed by atoms with E-state index in [9.17, 15) is 4.79 Å². The molecule has 1 amide bonds. The Labute approximate surface area is 170 Å². The van der Waals surface area contributed by atoms with Gasteiger partial charge in [-0.1, -0.05) is 0 Å². The van der Waals surface area contributed by atoms with Crippen molar-refractivity contribution in [2.75, 3.05) is 38.4 Å². The molecule has 0 aromatic heterocycles. The zero-order valence-electron chi connectivity index (χ0n) is 17.1. The van der Waals surface area contributed by atoms with E-state index in [-0.39, 0.29) is 5.91 Å². The van der Waals surface area contributed by atoms with Gasteiger partial charge in [-0.15, -0.1) is 0 Å². The van der Waals surface area contributed by atoms with E-state index in [0.717, 1.165) is 6.42 Å². The molecule has 0 unspecified atom stereocenters. The monoisotopic (exact) mass is 401 g/mol. The molecule has 2 aromatic carbocycles. The van der Waals surface area contributed by atoms with Gasteiger partial charge in [-0.25, -0.2) is 0 Å². The molecule has 156 valence electrons. The predicted octanol–water partition coefficient (Wildman–Crippen LogP) is 4.30. The molecule has 1 N–H and O–H groups in total. The van der Waals surface area contributed by atoms with Crippen LogP contribution in [0.3, 0.4) is 0 Å². The smallest absolute Gasteiger partial charge is 0.255 e. The van der Waals surface area contributed by atoms with Crippen molar-refractivity contribution in [1.82, 2.24) is 0 Å². The van der Waals surface area contributed by atoms with E-state index in [4.69, 9.17) is 23.7 Å². The van der Waals surface area contributed by atoms with E-state index in [1.807, 2.05) is 20.8 Å². The van der Waals surface area contributed by atoms with Crippen molar-refractivity contribution < 1.29 is 28.5 Å². The van der Waals surface area contributed by atoms with Gasteiger partial charge in [-0.3, -0.25) is 4.79 Å². The maximum atomic E-state index is 12.9. The lowest BCUT2D eigenvalue weighted by Crippen LogP contribution is -2.13. The topological polar surface area (TPSA) is 75.3 Å².